The molecule has 1 N–H and O–H groups in total. The minimum absolute atomic E-state index is 0.0602. The molecule has 0 aliphatic rings. The van der Waals surface area contributed by atoms with Gasteiger partial charge in [0.05, 0.1) is 0 Å². The number of aryl methyl sites for hydroxylation is 2. The topological polar surface area (TPSA) is 34.0 Å². The van der Waals surface area contributed by atoms with Crippen LogP contribution in [0.3, 0.4) is 0 Å². The molecule has 176 valence electrons. The summed E-state index contributed by atoms with van der Waals surface area (Å²) < 4.78 is 17.3. The van der Waals surface area contributed by atoms with E-state index in [4.69, 9.17) is 0 Å². The molecule has 0 bridgehead atoms. The summed E-state index contributed by atoms with van der Waals surface area (Å²) in [5.41, 5.74) is 6.03. The first kappa shape index (κ1) is 23.7. The number of rotatable bonds is 8. The Morgan fingerprint density at radius 1 is 0.941 bits per heavy atom. The number of benzene rings is 3. The Morgan fingerprint density at radius 3 is 2.38 bits per heavy atom. The summed E-state index contributed by atoms with van der Waals surface area (Å²) in [6, 6.07) is 21.9. The van der Waals surface area contributed by atoms with E-state index in [-0.39, 0.29) is 24.1 Å². The zero-order valence-corrected chi connectivity index (χ0v) is 20.4. The van der Waals surface area contributed by atoms with E-state index in [1.165, 1.54) is 17.2 Å². The van der Waals surface area contributed by atoms with Crippen molar-refractivity contribution < 1.29 is 9.18 Å². The number of hydrogen-bond donors (Lipinski definition) is 1. The standard InChI is InChI=1S/C30H33FN2O/c1-20(2)17-32-30(34)16-25(26-15-22(4)11-14-28(26)31)27-19-33(29-8-6-5-7-24(27)29)18-23-12-9-21(3)10-13-23/h5-15,19-20,25H,16-18H2,1-4H3,(H,32,34)/t25-/m1/s1. The SMILES string of the molecule is Cc1ccc(Cn2cc([C@H](CC(=O)NCC(C)C)c3cc(C)ccc3F)c3ccccc32)cc1. The summed E-state index contributed by atoms with van der Waals surface area (Å²) in [7, 11) is 0. The maximum Gasteiger partial charge on any atom is 0.220 e. The molecule has 0 radical (unpaired) electrons. The van der Waals surface area contributed by atoms with Crippen molar-refractivity contribution in [2.45, 2.75) is 46.6 Å². The number of hydrogen-bond acceptors (Lipinski definition) is 1. The van der Waals surface area contributed by atoms with Crippen LogP contribution < -0.4 is 5.32 Å². The average Bonchev–Trinajstić information content (AvgIpc) is 3.17. The largest absolute Gasteiger partial charge is 0.356 e. The normalized spacial score (nSPS) is 12.3. The van der Waals surface area contributed by atoms with Gasteiger partial charge in [0.2, 0.25) is 5.91 Å². The highest BCUT2D eigenvalue weighted by molar-refractivity contribution is 5.87. The van der Waals surface area contributed by atoms with Crippen LogP contribution in [-0.4, -0.2) is 17.0 Å². The summed E-state index contributed by atoms with van der Waals surface area (Å²) in [6.45, 7) is 9.49. The summed E-state index contributed by atoms with van der Waals surface area (Å²) in [5, 5.41) is 4.07. The number of carbonyl (C=O) groups excluding carboxylic acids is 1. The number of para-hydroxylation sites is 1. The third-order valence-corrected chi connectivity index (χ3v) is 6.29. The van der Waals surface area contributed by atoms with Crippen LogP contribution in [0.15, 0.2) is 72.9 Å². The first-order valence-electron chi connectivity index (χ1n) is 12.0. The molecule has 1 heterocycles. The van der Waals surface area contributed by atoms with Gasteiger partial charge in [-0.1, -0.05) is 79.6 Å². The zero-order chi connectivity index (χ0) is 24.2. The maximum atomic E-state index is 15.1. The van der Waals surface area contributed by atoms with Gasteiger partial charge in [-0.2, -0.15) is 0 Å². The Morgan fingerprint density at radius 2 is 1.65 bits per heavy atom. The molecule has 0 saturated carbocycles. The van der Waals surface area contributed by atoms with E-state index in [0.717, 1.165) is 22.0 Å². The molecule has 1 atom stereocenters. The Balaban J connectivity index is 1.79. The average molecular weight is 457 g/mol. The zero-order valence-electron chi connectivity index (χ0n) is 20.4. The smallest absolute Gasteiger partial charge is 0.220 e. The lowest BCUT2D eigenvalue weighted by molar-refractivity contribution is -0.121. The second-order valence-electron chi connectivity index (χ2n) is 9.69. The van der Waals surface area contributed by atoms with Crippen molar-refractivity contribution in [3.8, 4) is 0 Å². The van der Waals surface area contributed by atoms with Gasteiger partial charge in [0.15, 0.2) is 0 Å². The minimum atomic E-state index is -0.378. The molecule has 34 heavy (non-hydrogen) atoms. The van der Waals surface area contributed by atoms with E-state index in [0.29, 0.717) is 24.6 Å². The van der Waals surface area contributed by atoms with Crippen LogP contribution in [0.1, 0.15) is 54.0 Å². The molecular formula is C30H33FN2O. The third kappa shape index (κ3) is 5.39. The fourth-order valence-electron chi connectivity index (χ4n) is 4.47. The van der Waals surface area contributed by atoms with Crippen LogP contribution in [0.25, 0.3) is 10.9 Å². The molecule has 4 aromatic rings. The Hall–Kier alpha value is -3.40. The molecule has 0 aliphatic carbocycles. The lowest BCUT2D eigenvalue weighted by Gasteiger charge is -2.19. The summed E-state index contributed by atoms with van der Waals surface area (Å²) in [6.07, 6.45) is 2.30. The highest BCUT2D eigenvalue weighted by Crippen LogP contribution is 2.36. The van der Waals surface area contributed by atoms with Crippen molar-refractivity contribution in [3.63, 3.8) is 0 Å². The van der Waals surface area contributed by atoms with Crippen LogP contribution in [0.5, 0.6) is 0 Å². The van der Waals surface area contributed by atoms with Gasteiger partial charge in [-0.3, -0.25) is 4.79 Å². The lowest BCUT2D eigenvalue weighted by Crippen LogP contribution is -2.29. The van der Waals surface area contributed by atoms with Gasteiger partial charge in [0, 0.05) is 42.5 Å². The number of nitrogens with zero attached hydrogens (tertiary/aromatic N) is 1. The highest BCUT2D eigenvalue weighted by atomic mass is 19.1. The second-order valence-corrected chi connectivity index (χ2v) is 9.69. The molecule has 3 nitrogen and oxygen atoms in total. The van der Waals surface area contributed by atoms with E-state index in [2.05, 4.69) is 73.3 Å². The van der Waals surface area contributed by atoms with E-state index >= 15 is 4.39 Å². The van der Waals surface area contributed by atoms with E-state index in [9.17, 15) is 4.79 Å². The molecule has 4 rings (SSSR count). The van der Waals surface area contributed by atoms with Crippen LogP contribution >= 0.6 is 0 Å². The van der Waals surface area contributed by atoms with Crippen LogP contribution in [0.2, 0.25) is 0 Å². The predicted octanol–water partition coefficient (Wildman–Crippen LogP) is 6.74. The Bertz CT molecular complexity index is 1290. The van der Waals surface area contributed by atoms with Crippen molar-refractivity contribution in [2.75, 3.05) is 6.54 Å². The van der Waals surface area contributed by atoms with Crippen LogP contribution in [0, 0.1) is 25.6 Å². The van der Waals surface area contributed by atoms with Gasteiger partial charge >= 0.3 is 0 Å². The van der Waals surface area contributed by atoms with E-state index < -0.39 is 0 Å². The van der Waals surface area contributed by atoms with Gasteiger partial charge < -0.3 is 9.88 Å². The van der Waals surface area contributed by atoms with Crippen LogP contribution in [0.4, 0.5) is 4.39 Å². The molecule has 0 saturated heterocycles. The van der Waals surface area contributed by atoms with Gasteiger partial charge in [-0.15, -0.1) is 0 Å². The molecule has 0 aliphatic heterocycles. The number of nitrogens with one attached hydrogen (secondary N) is 1. The van der Waals surface area contributed by atoms with Gasteiger partial charge in [-0.25, -0.2) is 4.39 Å². The third-order valence-electron chi connectivity index (χ3n) is 6.29. The molecule has 1 aromatic heterocycles. The van der Waals surface area contributed by atoms with Crippen molar-refractivity contribution in [2.24, 2.45) is 5.92 Å². The monoisotopic (exact) mass is 456 g/mol. The number of carbonyl (C=O) groups is 1. The number of aromatic nitrogens is 1. The molecule has 0 fully saturated rings. The molecule has 1 amide bonds. The molecule has 3 aromatic carbocycles. The van der Waals surface area contributed by atoms with Crippen molar-refractivity contribution >= 4 is 16.8 Å². The van der Waals surface area contributed by atoms with E-state index in [1.807, 2.05) is 25.1 Å². The summed E-state index contributed by atoms with van der Waals surface area (Å²) >= 11 is 0. The fraction of sp³-hybridized carbons (Fsp3) is 0.300. The first-order chi connectivity index (χ1) is 16.3. The van der Waals surface area contributed by atoms with Crippen molar-refractivity contribution in [3.05, 3.63) is 107 Å². The fourth-order valence-corrected chi connectivity index (χ4v) is 4.47. The highest BCUT2D eigenvalue weighted by Gasteiger charge is 2.25. The Kier molecular flexibility index (Phi) is 7.16. The van der Waals surface area contributed by atoms with Gasteiger partial charge in [0.1, 0.15) is 5.82 Å². The molecular weight excluding hydrogens is 423 g/mol. The maximum absolute atomic E-state index is 15.1. The summed E-state index contributed by atoms with van der Waals surface area (Å²) in [4.78, 5) is 12.9. The predicted molar refractivity (Wildman–Crippen MR) is 138 cm³/mol. The summed E-state index contributed by atoms with van der Waals surface area (Å²) in [5.74, 6) is -0.358. The van der Waals surface area contributed by atoms with Crippen molar-refractivity contribution in [1.82, 2.24) is 9.88 Å². The minimum Gasteiger partial charge on any atom is -0.356 e. The lowest BCUT2D eigenvalue weighted by atomic mass is 9.87. The molecule has 4 heteroatoms. The molecule has 0 spiro atoms. The number of amides is 1. The van der Waals surface area contributed by atoms with Gasteiger partial charge in [-0.05, 0) is 48.6 Å². The van der Waals surface area contributed by atoms with Gasteiger partial charge in [0.25, 0.3) is 0 Å². The quantitative estimate of drug-likeness (QED) is 0.313. The molecule has 0 unspecified atom stereocenters. The van der Waals surface area contributed by atoms with Crippen molar-refractivity contribution in [1.29, 1.82) is 0 Å². The first-order valence-corrected chi connectivity index (χ1v) is 12.0. The van der Waals surface area contributed by atoms with Crippen LogP contribution in [-0.2, 0) is 11.3 Å². The second kappa shape index (κ2) is 10.3. The number of halogens is 1. The van der Waals surface area contributed by atoms with E-state index in [1.54, 1.807) is 6.07 Å². The Labute approximate surface area is 201 Å². The number of fused-ring (bicyclic) bond motifs is 1.